The van der Waals surface area contributed by atoms with E-state index in [9.17, 15) is 9.59 Å². The van der Waals surface area contributed by atoms with Crippen molar-refractivity contribution >= 4 is 11.9 Å². The first-order valence-electron chi connectivity index (χ1n) is 4.01. The number of nitrogens with zero attached hydrogens (tertiary/aromatic N) is 1. The standard InChI is InChI=1S/C8H10N2O4/c1-4(2)10-7(11)6-5(8(12)13)3-9-14-6/h3-4H,1-2H3,(H,10,11)(H,12,13). The third-order valence-corrected chi connectivity index (χ3v) is 1.43. The first-order chi connectivity index (χ1) is 6.52. The van der Waals surface area contributed by atoms with Gasteiger partial charge in [-0.25, -0.2) is 4.79 Å². The lowest BCUT2D eigenvalue weighted by atomic mass is 10.2. The van der Waals surface area contributed by atoms with E-state index < -0.39 is 11.9 Å². The van der Waals surface area contributed by atoms with Gasteiger partial charge in [0.05, 0.1) is 6.20 Å². The van der Waals surface area contributed by atoms with Crippen molar-refractivity contribution in [2.24, 2.45) is 0 Å². The Kier molecular flexibility index (Phi) is 2.85. The van der Waals surface area contributed by atoms with Gasteiger partial charge >= 0.3 is 5.97 Å². The van der Waals surface area contributed by atoms with Crippen LogP contribution in [-0.4, -0.2) is 28.2 Å². The minimum atomic E-state index is -1.24. The molecule has 0 radical (unpaired) electrons. The zero-order valence-electron chi connectivity index (χ0n) is 7.77. The van der Waals surface area contributed by atoms with Crippen molar-refractivity contribution in [3.05, 3.63) is 17.5 Å². The van der Waals surface area contributed by atoms with E-state index in [2.05, 4.69) is 15.0 Å². The third kappa shape index (κ3) is 2.09. The molecule has 0 bridgehead atoms. The van der Waals surface area contributed by atoms with Crippen LogP contribution in [0.15, 0.2) is 10.7 Å². The molecule has 6 nitrogen and oxygen atoms in total. The van der Waals surface area contributed by atoms with Gasteiger partial charge in [0.15, 0.2) is 0 Å². The molecule has 0 aromatic carbocycles. The van der Waals surface area contributed by atoms with Crippen LogP contribution in [0.2, 0.25) is 0 Å². The number of carbonyl (C=O) groups is 2. The van der Waals surface area contributed by atoms with Gasteiger partial charge in [-0.1, -0.05) is 5.16 Å². The molecule has 14 heavy (non-hydrogen) atoms. The highest BCUT2D eigenvalue weighted by Gasteiger charge is 2.21. The molecule has 1 amide bonds. The number of amides is 1. The van der Waals surface area contributed by atoms with Crippen molar-refractivity contribution in [3.63, 3.8) is 0 Å². The van der Waals surface area contributed by atoms with Gasteiger partial charge in [-0.05, 0) is 13.8 Å². The first-order valence-corrected chi connectivity index (χ1v) is 4.01. The van der Waals surface area contributed by atoms with Crippen LogP contribution < -0.4 is 5.32 Å². The van der Waals surface area contributed by atoms with Crippen LogP contribution in [0.3, 0.4) is 0 Å². The number of aromatic carboxylic acids is 1. The summed E-state index contributed by atoms with van der Waals surface area (Å²) in [6, 6.07) is -0.0887. The summed E-state index contributed by atoms with van der Waals surface area (Å²) in [4.78, 5) is 21.9. The quantitative estimate of drug-likeness (QED) is 0.738. The van der Waals surface area contributed by atoms with E-state index in [1.807, 2.05) is 0 Å². The number of carboxylic acids is 1. The summed E-state index contributed by atoms with van der Waals surface area (Å²) in [5.74, 6) is -2.08. The Morgan fingerprint density at radius 1 is 1.57 bits per heavy atom. The van der Waals surface area contributed by atoms with Crippen LogP contribution in [0.25, 0.3) is 0 Å². The smallest absolute Gasteiger partial charge is 0.341 e. The zero-order chi connectivity index (χ0) is 10.7. The normalized spacial score (nSPS) is 10.2. The van der Waals surface area contributed by atoms with E-state index >= 15 is 0 Å². The Morgan fingerprint density at radius 3 is 2.71 bits per heavy atom. The van der Waals surface area contributed by atoms with Crippen LogP contribution in [0.1, 0.15) is 34.8 Å². The maximum atomic E-state index is 11.3. The van der Waals surface area contributed by atoms with Crippen LogP contribution >= 0.6 is 0 Å². The monoisotopic (exact) mass is 198 g/mol. The number of carbonyl (C=O) groups excluding carboxylic acids is 1. The molecule has 0 unspecified atom stereocenters. The van der Waals surface area contributed by atoms with E-state index in [1.54, 1.807) is 13.8 Å². The predicted molar refractivity (Wildman–Crippen MR) is 46.1 cm³/mol. The van der Waals surface area contributed by atoms with Gasteiger partial charge in [-0.2, -0.15) is 0 Å². The number of hydrogen-bond donors (Lipinski definition) is 2. The van der Waals surface area contributed by atoms with Gasteiger partial charge in [0.2, 0.25) is 5.76 Å². The van der Waals surface area contributed by atoms with E-state index in [0.717, 1.165) is 6.20 Å². The Balaban J connectivity index is 2.90. The average molecular weight is 198 g/mol. The molecule has 0 spiro atoms. The largest absolute Gasteiger partial charge is 0.477 e. The Bertz CT molecular complexity index is 356. The number of rotatable bonds is 3. The molecule has 0 atom stereocenters. The number of carboxylic acid groups (broad SMARTS) is 1. The SMILES string of the molecule is CC(C)NC(=O)c1oncc1C(=O)O. The molecular formula is C8H10N2O4. The third-order valence-electron chi connectivity index (χ3n) is 1.43. The minimum Gasteiger partial charge on any atom is -0.477 e. The number of hydrogen-bond acceptors (Lipinski definition) is 4. The van der Waals surface area contributed by atoms with Gasteiger partial charge in [-0.3, -0.25) is 4.79 Å². The van der Waals surface area contributed by atoms with Crippen LogP contribution in [0.4, 0.5) is 0 Å². The van der Waals surface area contributed by atoms with Crippen LogP contribution in [0.5, 0.6) is 0 Å². The van der Waals surface area contributed by atoms with Crippen molar-refractivity contribution in [2.75, 3.05) is 0 Å². The highest BCUT2D eigenvalue weighted by atomic mass is 16.5. The Labute approximate surface area is 79.9 Å². The molecule has 0 fully saturated rings. The van der Waals surface area contributed by atoms with Crippen molar-refractivity contribution in [1.82, 2.24) is 10.5 Å². The predicted octanol–water partition coefficient (Wildman–Crippen LogP) is 0.511. The van der Waals surface area contributed by atoms with Crippen molar-refractivity contribution in [2.45, 2.75) is 19.9 Å². The first kappa shape index (κ1) is 10.2. The lowest BCUT2D eigenvalue weighted by Crippen LogP contribution is -2.30. The van der Waals surface area contributed by atoms with E-state index in [0.29, 0.717) is 0 Å². The molecule has 0 aliphatic heterocycles. The highest BCUT2D eigenvalue weighted by Crippen LogP contribution is 2.07. The van der Waals surface area contributed by atoms with E-state index in [-0.39, 0.29) is 17.4 Å². The van der Waals surface area contributed by atoms with Crippen molar-refractivity contribution in [1.29, 1.82) is 0 Å². The summed E-state index contributed by atoms with van der Waals surface area (Å²) >= 11 is 0. The molecule has 6 heteroatoms. The lowest BCUT2D eigenvalue weighted by Gasteiger charge is -2.05. The number of nitrogens with one attached hydrogen (secondary N) is 1. The van der Waals surface area contributed by atoms with Crippen LogP contribution in [0, 0.1) is 0 Å². The minimum absolute atomic E-state index is 0.0887. The molecule has 0 aliphatic rings. The molecule has 1 rings (SSSR count). The fourth-order valence-corrected chi connectivity index (χ4v) is 0.883. The zero-order valence-corrected chi connectivity index (χ0v) is 7.77. The topological polar surface area (TPSA) is 92.4 Å². The summed E-state index contributed by atoms with van der Waals surface area (Å²) in [5, 5.41) is 14.4. The van der Waals surface area contributed by atoms with Gasteiger partial charge < -0.3 is 14.9 Å². The van der Waals surface area contributed by atoms with Gasteiger partial charge in [0, 0.05) is 6.04 Å². The summed E-state index contributed by atoms with van der Waals surface area (Å²) < 4.78 is 4.55. The van der Waals surface area contributed by atoms with Crippen molar-refractivity contribution in [3.8, 4) is 0 Å². The average Bonchev–Trinajstić information content (AvgIpc) is 2.49. The molecule has 0 saturated heterocycles. The molecule has 1 aromatic heterocycles. The molecule has 0 saturated carbocycles. The molecule has 2 N–H and O–H groups in total. The molecule has 1 aromatic rings. The van der Waals surface area contributed by atoms with E-state index in [1.165, 1.54) is 0 Å². The number of aromatic nitrogens is 1. The fraction of sp³-hybridized carbons (Fsp3) is 0.375. The maximum absolute atomic E-state index is 11.3. The second-order valence-corrected chi connectivity index (χ2v) is 3.00. The molecular weight excluding hydrogens is 188 g/mol. The van der Waals surface area contributed by atoms with E-state index in [4.69, 9.17) is 5.11 Å². The summed E-state index contributed by atoms with van der Waals surface area (Å²) in [5.41, 5.74) is -0.233. The van der Waals surface area contributed by atoms with Gasteiger partial charge in [0.25, 0.3) is 5.91 Å². The Morgan fingerprint density at radius 2 is 2.21 bits per heavy atom. The second kappa shape index (κ2) is 3.91. The van der Waals surface area contributed by atoms with Crippen LogP contribution in [-0.2, 0) is 0 Å². The lowest BCUT2D eigenvalue weighted by molar-refractivity contribution is 0.0687. The molecule has 76 valence electrons. The molecule has 1 heterocycles. The maximum Gasteiger partial charge on any atom is 0.341 e. The van der Waals surface area contributed by atoms with Crippen molar-refractivity contribution < 1.29 is 19.2 Å². The summed E-state index contributed by atoms with van der Waals surface area (Å²) in [6.07, 6.45) is 0.998. The highest BCUT2D eigenvalue weighted by molar-refractivity contribution is 6.02. The van der Waals surface area contributed by atoms with Gasteiger partial charge in [-0.15, -0.1) is 0 Å². The Hall–Kier alpha value is -1.85. The molecule has 0 aliphatic carbocycles. The summed E-state index contributed by atoms with van der Waals surface area (Å²) in [7, 11) is 0. The second-order valence-electron chi connectivity index (χ2n) is 3.00. The van der Waals surface area contributed by atoms with Gasteiger partial charge in [0.1, 0.15) is 5.56 Å². The summed E-state index contributed by atoms with van der Waals surface area (Å²) in [6.45, 7) is 3.52. The fourth-order valence-electron chi connectivity index (χ4n) is 0.883.